The largest absolute Gasteiger partial charge is 0.424 e. The van der Waals surface area contributed by atoms with Crippen molar-refractivity contribution >= 4 is 0 Å². The molecule has 0 aliphatic heterocycles. The predicted octanol–water partition coefficient (Wildman–Crippen LogP) is 3.05. The molecule has 20 heavy (non-hydrogen) atoms. The molecule has 2 rings (SSSR count). The summed E-state index contributed by atoms with van der Waals surface area (Å²) in [6.45, 7) is 9.04. The van der Waals surface area contributed by atoms with Gasteiger partial charge in [0, 0.05) is 12.0 Å². The van der Waals surface area contributed by atoms with Crippen molar-refractivity contribution in [2.45, 2.75) is 52.6 Å². The van der Waals surface area contributed by atoms with E-state index in [1.54, 1.807) is 0 Å². The van der Waals surface area contributed by atoms with Crippen LogP contribution in [0.25, 0.3) is 0 Å². The maximum atomic E-state index is 5.64. The topological polar surface area (TPSA) is 51.0 Å². The van der Waals surface area contributed by atoms with E-state index in [0.29, 0.717) is 18.3 Å². The Morgan fingerprint density at radius 1 is 1.00 bits per heavy atom. The summed E-state index contributed by atoms with van der Waals surface area (Å²) in [7, 11) is 0. The number of nitrogens with one attached hydrogen (secondary N) is 1. The lowest BCUT2D eigenvalue weighted by atomic mass is 10.1. The zero-order chi connectivity index (χ0) is 14.6. The molecule has 4 heteroatoms. The van der Waals surface area contributed by atoms with Gasteiger partial charge < -0.3 is 9.73 Å². The van der Waals surface area contributed by atoms with Gasteiger partial charge >= 0.3 is 0 Å². The second-order valence-corrected chi connectivity index (χ2v) is 6.18. The minimum atomic E-state index is 0.0521. The molecule has 0 bridgehead atoms. The summed E-state index contributed by atoms with van der Waals surface area (Å²) in [4.78, 5) is 0. The van der Waals surface area contributed by atoms with E-state index in [4.69, 9.17) is 4.42 Å². The Hall–Kier alpha value is -1.68. The highest BCUT2D eigenvalue weighted by molar-refractivity contribution is 5.21. The molecule has 0 unspecified atom stereocenters. The lowest BCUT2D eigenvalue weighted by Crippen LogP contribution is -2.35. The third-order valence-corrected chi connectivity index (χ3v) is 3.03. The van der Waals surface area contributed by atoms with Crippen molar-refractivity contribution in [3.63, 3.8) is 0 Å². The zero-order valence-electron chi connectivity index (χ0n) is 12.7. The standard InChI is InChI=1S/C16H23N3O/c1-12-5-7-13(8-6-12)9-10-14-18-19-15(20-14)11-17-16(2,3)4/h5-8,17H,9-11H2,1-4H3. The minimum Gasteiger partial charge on any atom is -0.424 e. The summed E-state index contributed by atoms with van der Waals surface area (Å²) in [6.07, 6.45) is 1.71. The monoisotopic (exact) mass is 273 g/mol. The first-order chi connectivity index (χ1) is 9.42. The van der Waals surface area contributed by atoms with E-state index in [1.165, 1.54) is 11.1 Å². The summed E-state index contributed by atoms with van der Waals surface area (Å²) < 4.78 is 5.64. The zero-order valence-corrected chi connectivity index (χ0v) is 12.7. The average Bonchev–Trinajstić information content (AvgIpc) is 2.83. The van der Waals surface area contributed by atoms with Crippen LogP contribution >= 0.6 is 0 Å². The number of rotatable bonds is 5. The number of benzene rings is 1. The van der Waals surface area contributed by atoms with Crippen LogP contribution in [0.5, 0.6) is 0 Å². The van der Waals surface area contributed by atoms with Gasteiger partial charge in [-0.05, 0) is 39.7 Å². The number of aryl methyl sites for hydroxylation is 3. The van der Waals surface area contributed by atoms with Crippen LogP contribution in [0.4, 0.5) is 0 Å². The summed E-state index contributed by atoms with van der Waals surface area (Å²) in [5.74, 6) is 1.36. The molecule has 4 nitrogen and oxygen atoms in total. The van der Waals surface area contributed by atoms with Crippen molar-refractivity contribution in [3.05, 3.63) is 47.2 Å². The fraction of sp³-hybridized carbons (Fsp3) is 0.500. The number of hydrogen-bond acceptors (Lipinski definition) is 4. The van der Waals surface area contributed by atoms with Crippen LogP contribution < -0.4 is 5.32 Å². The van der Waals surface area contributed by atoms with Crippen molar-refractivity contribution in [2.75, 3.05) is 0 Å². The van der Waals surface area contributed by atoms with Gasteiger partial charge in [0.2, 0.25) is 11.8 Å². The van der Waals surface area contributed by atoms with Crippen LogP contribution in [-0.2, 0) is 19.4 Å². The van der Waals surface area contributed by atoms with Crippen LogP contribution in [0, 0.1) is 6.92 Å². The Morgan fingerprint density at radius 2 is 1.65 bits per heavy atom. The highest BCUT2D eigenvalue weighted by Gasteiger charge is 2.12. The van der Waals surface area contributed by atoms with Gasteiger partial charge in [-0.15, -0.1) is 10.2 Å². The molecule has 1 N–H and O–H groups in total. The lowest BCUT2D eigenvalue weighted by Gasteiger charge is -2.18. The molecule has 0 radical (unpaired) electrons. The maximum absolute atomic E-state index is 5.64. The second kappa shape index (κ2) is 6.18. The second-order valence-electron chi connectivity index (χ2n) is 6.18. The fourth-order valence-electron chi connectivity index (χ4n) is 1.81. The van der Waals surface area contributed by atoms with Gasteiger partial charge in [-0.3, -0.25) is 0 Å². The van der Waals surface area contributed by atoms with Gasteiger partial charge in [0.25, 0.3) is 0 Å². The molecular formula is C16H23N3O. The van der Waals surface area contributed by atoms with E-state index in [1.807, 2.05) is 0 Å². The van der Waals surface area contributed by atoms with Gasteiger partial charge in [0.1, 0.15) is 0 Å². The van der Waals surface area contributed by atoms with E-state index < -0.39 is 0 Å². The minimum absolute atomic E-state index is 0.0521. The number of nitrogens with zero attached hydrogens (tertiary/aromatic N) is 2. The molecule has 1 aromatic carbocycles. The molecule has 108 valence electrons. The van der Waals surface area contributed by atoms with Gasteiger partial charge in [-0.25, -0.2) is 0 Å². The van der Waals surface area contributed by atoms with Crippen molar-refractivity contribution in [1.82, 2.24) is 15.5 Å². The fourth-order valence-corrected chi connectivity index (χ4v) is 1.81. The Morgan fingerprint density at radius 3 is 2.30 bits per heavy atom. The predicted molar refractivity (Wildman–Crippen MR) is 79.5 cm³/mol. The van der Waals surface area contributed by atoms with E-state index in [-0.39, 0.29) is 5.54 Å². The van der Waals surface area contributed by atoms with Gasteiger partial charge in [0.15, 0.2) is 0 Å². The molecule has 0 atom stereocenters. The summed E-state index contributed by atoms with van der Waals surface area (Å²) in [5.41, 5.74) is 2.63. The highest BCUT2D eigenvalue weighted by atomic mass is 16.4. The highest BCUT2D eigenvalue weighted by Crippen LogP contribution is 2.09. The van der Waals surface area contributed by atoms with Gasteiger partial charge in [0.05, 0.1) is 6.54 Å². The van der Waals surface area contributed by atoms with Crippen LogP contribution in [0.15, 0.2) is 28.7 Å². The Kier molecular flexibility index (Phi) is 4.55. The smallest absolute Gasteiger partial charge is 0.230 e. The van der Waals surface area contributed by atoms with E-state index in [0.717, 1.165) is 12.8 Å². The Bertz CT molecular complexity index is 538. The normalized spacial score (nSPS) is 11.8. The molecule has 0 aliphatic rings. The first-order valence-corrected chi connectivity index (χ1v) is 7.04. The Balaban J connectivity index is 1.85. The first kappa shape index (κ1) is 14.7. The van der Waals surface area contributed by atoms with E-state index in [2.05, 4.69) is 67.5 Å². The van der Waals surface area contributed by atoms with E-state index >= 15 is 0 Å². The van der Waals surface area contributed by atoms with Crippen molar-refractivity contribution < 1.29 is 4.42 Å². The third kappa shape index (κ3) is 4.78. The molecule has 1 heterocycles. The van der Waals surface area contributed by atoms with Crippen LogP contribution in [0.2, 0.25) is 0 Å². The van der Waals surface area contributed by atoms with Crippen molar-refractivity contribution in [2.24, 2.45) is 0 Å². The van der Waals surface area contributed by atoms with Crippen LogP contribution in [0.3, 0.4) is 0 Å². The molecule has 2 aromatic rings. The van der Waals surface area contributed by atoms with Gasteiger partial charge in [-0.2, -0.15) is 0 Å². The summed E-state index contributed by atoms with van der Waals surface area (Å²) in [6, 6.07) is 8.55. The third-order valence-electron chi connectivity index (χ3n) is 3.03. The molecular weight excluding hydrogens is 250 g/mol. The number of hydrogen-bond donors (Lipinski definition) is 1. The molecule has 0 spiro atoms. The number of aromatic nitrogens is 2. The molecule has 0 saturated carbocycles. The van der Waals surface area contributed by atoms with Gasteiger partial charge in [-0.1, -0.05) is 29.8 Å². The average molecular weight is 273 g/mol. The van der Waals surface area contributed by atoms with Crippen molar-refractivity contribution in [3.8, 4) is 0 Å². The summed E-state index contributed by atoms with van der Waals surface area (Å²) >= 11 is 0. The molecule has 0 fully saturated rings. The lowest BCUT2D eigenvalue weighted by molar-refractivity contribution is 0.370. The van der Waals surface area contributed by atoms with Crippen LogP contribution in [-0.4, -0.2) is 15.7 Å². The molecule has 0 saturated heterocycles. The quantitative estimate of drug-likeness (QED) is 0.909. The Labute approximate surface area is 120 Å². The molecule has 1 aromatic heterocycles. The van der Waals surface area contributed by atoms with Crippen LogP contribution in [0.1, 0.15) is 43.7 Å². The maximum Gasteiger partial charge on any atom is 0.230 e. The van der Waals surface area contributed by atoms with E-state index in [9.17, 15) is 0 Å². The molecule has 0 amide bonds. The first-order valence-electron chi connectivity index (χ1n) is 7.04. The van der Waals surface area contributed by atoms with Crippen molar-refractivity contribution in [1.29, 1.82) is 0 Å². The SMILES string of the molecule is Cc1ccc(CCc2nnc(CNC(C)(C)C)o2)cc1. The summed E-state index contributed by atoms with van der Waals surface area (Å²) in [5, 5.41) is 11.5. The molecule has 0 aliphatic carbocycles.